The van der Waals surface area contributed by atoms with Gasteiger partial charge in [-0.05, 0) is 41.5 Å². The third-order valence-electron chi connectivity index (χ3n) is 3.90. The van der Waals surface area contributed by atoms with E-state index in [-0.39, 0.29) is 5.91 Å². The number of hydrogen-bond acceptors (Lipinski definition) is 3. The summed E-state index contributed by atoms with van der Waals surface area (Å²) >= 11 is 5.92. The molecule has 0 aliphatic rings. The fourth-order valence-corrected chi connectivity index (χ4v) is 2.75. The van der Waals surface area contributed by atoms with E-state index in [1.807, 2.05) is 36.5 Å². The molecule has 3 rings (SSSR count). The number of aromatic nitrogens is 2. The van der Waals surface area contributed by atoms with Crippen LogP contribution in [-0.2, 0) is 11.3 Å². The van der Waals surface area contributed by atoms with Crippen molar-refractivity contribution in [1.82, 2.24) is 14.7 Å². The average Bonchev–Trinajstić information content (AvgIpc) is 3.15. The van der Waals surface area contributed by atoms with Crippen molar-refractivity contribution in [3.63, 3.8) is 0 Å². The Kier molecular flexibility index (Phi) is 5.16. The quantitative estimate of drug-likeness (QED) is 0.764. The van der Waals surface area contributed by atoms with Crippen LogP contribution in [0.15, 0.2) is 67.0 Å². The summed E-state index contributed by atoms with van der Waals surface area (Å²) in [6.07, 6.45) is 2.36. The number of likely N-dealkylation sites (N-methyl/N-ethyl adjacent to an activating group) is 1. The molecule has 128 valence electrons. The Morgan fingerprint density at radius 2 is 2.00 bits per heavy atom. The van der Waals surface area contributed by atoms with Crippen molar-refractivity contribution >= 4 is 17.5 Å². The molecule has 0 fully saturated rings. The number of benzene rings is 2. The number of hydrogen-bond donors (Lipinski definition) is 1. The van der Waals surface area contributed by atoms with E-state index in [4.69, 9.17) is 11.6 Å². The summed E-state index contributed by atoms with van der Waals surface area (Å²) in [5.41, 5.74) is 2.39. The molecule has 0 spiro atoms. The lowest BCUT2D eigenvalue weighted by Crippen LogP contribution is -2.31. The highest BCUT2D eigenvalue weighted by Gasteiger charge is 2.21. The number of aliphatic hydroxyl groups is 1. The second-order valence-electron chi connectivity index (χ2n) is 5.77. The first-order valence-electron chi connectivity index (χ1n) is 7.82. The maximum absolute atomic E-state index is 12.4. The molecule has 0 bridgehead atoms. The molecule has 1 heterocycles. The zero-order valence-electron chi connectivity index (χ0n) is 13.7. The van der Waals surface area contributed by atoms with Gasteiger partial charge in [0.25, 0.3) is 5.91 Å². The predicted molar refractivity (Wildman–Crippen MR) is 96.4 cm³/mol. The van der Waals surface area contributed by atoms with Crippen LogP contribution in [0.25, 0.3) is 5.69 Å². The lowest BCUT2D eigenvalue weighted by atomic mass is 10.1. The highest BCUT2D eigenvalue weighted by Crippen LogP contribution is 2.20. The van der Waals surface area contributed by atoms with Crippen LogP contribution in [0.4, 0.5) is 0 Å². The summed E-state index contributed by atoms with van der Waals surface area (Å²) in [5.74, 6) is -0.376. The molecule has 0 radical (unpaired) electrons. The molecule has 1 N–H and O–H groups in total. The van der Waals surface area contributed by atoms with Gasteiger partial charge in [0.2, 0.25) is 0 Å². The van der Waals surface area contributed by atoms with Crippen LogP contribution in [0.3, 0.4) is 0 Å². The fraction of sp³-hybridized carbons (Fsp3) is 0.158. The van der Waals surface area contributed by atoms with Crippen LogP contribution in [0.1, 0.15) is 17.2 Å². The highest BCUT2D eigenvalue weighted by atomic mass is 35.5. The summed E-state index contributed by atoms with van der Waals surface area (Å²) in [7, 11) is 1.66. The van der Waals surface area contributed by atoms with Crippen molar-refractivity contribution in [2.24, 2.45) is 0 Å². The molecule has 0 aliphatic heterocycles. The maximum Gasteiger partial charge on any atom is 0.256 e. The molecule has 2 aromatic carbocycles. The standard InChI is InChI=1S/C19H18ClN3O2/c1-22(19(25)18(24)15-4-2-5-16(20)12-15)13-14-6-8-17(9-7-14)23-11-3-10-21-23/h2-12,18,24H,13H2,1H3/t18-/m1/s1. The molecule has 1 amide bonds. The number of nitrogens with zero attached hydrogens (tertiary/aromatic N) is 3. The van der Waals surface area contributed by atoms with Crippen molar-refractivity contribution in [3.05, 3.63) is 83.1 Å². The number of halogens is 1. The van der Waals surface area contributed by atoms with E-state index >= 15 is 0 Å². The summed E-state index contributed by atoms with van der Waals surface area (Å²) < 4.78 is 1.77. The minimum absolute atomic E-state index is 0.376. The lowest BCUT2D eigenvalue weighted by molar-refractivity contribution is -0.139. The molecular formula is C19H18ClN3O2. The monoisotopic (exact) mass is 355 g/mol. The van der Waals surface area contributed by atoms with Gasteiger partial charge in [-0.15, -0.1) is 0 Å². The first-order valence-corrected chi connectivity index (χ1v) is 8.20. The predicted octanol–water partition coefficient (Wildman–Crippen LogP) is 3.22. The Bertz CT molecular complexity index is 847. The number of aliphatic hydroxyl groups excluding tert-OH is 1. The van der Waals surface area contributed by atoms with Gasteiger partial charge < -0.3 is 10.0 Å². The van der Waals surface area contributed by atoms with Crippen LogP contribution in [0.5, 0.6) is 0 Å². The molecule has 25 heavy (non-hydrogen) atoms. The molecule has 0 saturated heterocycles. The third kappa shape index (κ3) is 4.07. The van der Waals surface area contributed by atoms with E-state index in [9.17, 15) is 9.90 Å². The van der Waals surface area contributed by atoms with Crippen molar-refractivity contribution < 1.29 is 9.90 Å². The van der Waals surface area contributed by atoms with E-state index in [1.54, 1.807) is 42.2 Å². The smallest absolute Gasteiger partial charge is 0.256 e. The van der Waals surface area contributed by atoms with E-state index < -0.39 is 6.10 Å². The van der Waals surface area contributed by atoms with Crippen LogP contribution in [0.2, 0.25) is 5.02 Å². The van der Waals surface area contributed by atoms with E-state index in [0.717, 1.165) is 11.3 Å². The van der Waals surface area contributed by atoms with Crippen LogP contribution < -0.4 is 0 Å². The number of carbonyl (C=O) groups is 1. The summed E-state index contributed by atoms with van der Waals surface area (Å²) in [4.78, 5) is 13.9. The van der Waals surface area contributed by atoms with Gasteiger partial charge in [-0.25, -0.2) is 4.68 Å². The zero-order chi connectivity index (χ0) is 17.8. The molecular weight excluding hydrogens is 338 g/mol. The van der Waals surface area contributed by atoms with Crippen LogP contribution in [-0.4, -0.2) is 32.7 Å². The number of amides is 1. The number of rotatable bonds is 5. The molecule has 1 atom stereocenters. The molecule has 6 heteroatoms. The van der Waals surface area contributed by atoms with Gasteiger partial charge in [0.15, 0.2) is 6.10 Å². The largest absolute Gasteiger partial charge is 0.378 e. The van der Waals surface area contributed by atoms with Gasteiger partial charge in [0, 0.05) is 31.0 Å². The van der Waals surface area contributed by atoms with E-state index in [0.29, 0.717) is 17.1 Å². The molecule has 1 aromatic heterocycles. The van der Waals surface area contributed by atoms with Crippen molar-refractivity contribution in [2.75, 3.05) is 7.05 Å². The van der Waals surface area contributed by atoms with Gasteiger partial charge in [0.1, 0.15) is 0 Å². The normalized spacial score (nSPS) is 12.0. The minimum atomic E-state index is -1.23. The first-order chi connectivity index (χ1) is 12.0. The third-order valence-corrected chi connectivity index (χ3v) is 4.13. The second kappa shape index (κ2) is 7.51. The van der Waals surface area contributed by atoms with Gasteiger partial charge in [-0.1, -0.05) is 35.9 Å². The summed E-state index contributed by atoms with van der Waals surface area (Å²) in [6, 6.07) is 16.3. The minimum Gasteiger partial charge on any atom is -0.378 e. The molecule has 5 nitrogen and oxygen atoms in total. The van der Waals surface area contributed by atoms with Gasteiger partial charge in [0.05, 0.1) is 5.69 Å². The Morgan fingerprint density at radius 1 is 1.24 bits per heavy atom. The maximum atomic E-state index is 12.4. The van der Waals surface area contributed by atoms with Crippen molar-refractivity contribution in [1.29, 1.82) is 0 Å². The fourth-order valence-electron chi connectivity index (χ4n) is 2.56. The molecule has 0 saturated carbocycles. The van der Waals surface area contributed by atoms with E-state index in [2.05, 4.69) is 5.10 Å². The summed E-state index contributed by atoms with van der Waals surface area (Å²) in [6.45, 7) is 0.399. The Labute approximate surface area is 151 Å². The molecule has 0 aliphatic carbocycles. The average molecular weight is 356 g/mol. The Balaban J connectivity index is 1.67. The van der Waals surface area contributed by atoms with Crippen LogP contribution >= 0.6 is 11.6 Å². The molecule has 3 aromatic rings. The Morgan fingerprint density at radius 3 is 2.64 bits per heavy atom. The number of carbonyl (C=O) groups excluding carboxylic acids is 1. The van der Waals surface area contributed by atoms with Gasteiger partial charge in [-0.3, -0.25) is 4.79 Å². The van der Waals surface area contributed by atoms with Gasteiger partial charge >= 0.3 is 0 Å². The van der Waals surface area contributed by atoms with Crippen molar-refractivity contribution in [2.45, 2.75) is 12.6 Å². The second-order valence-corrected chi connectivity index (χ2v) is 6.21. The zero-order valence-corrected chi connectivity index (χ0v) is 14.5. The SMILES string of the molecule is CN(Cc1ccc(-n2cccn2)cc1)C(=O)[C@H](O)c1cccc(Cl)c1. The molecule has 0 unspecified atom stereocenters. The first kappa shape index (κ1) is 17.2. The van der Waals surface area contributed by atoms with Crippen molar-refractivity contribution in [3.8, 4) is 5.69 Å². The highest BCUT2D eigenvalue weighted by molar-refractivity contribution is 6.30. The van der Waals surface area contributed by atoms with Gasteiger partial charge in [-0.2, -0.15) is 5.10 Å². The van der Waals surface area contributed by atoms with E-state index in [1.165, 1.54) is 4.90 Å². The Hall–Kier alpha value is -2.63. The topological polar surface area (TPSA) is 58.4 Å². The van der Waals surface area contributed by atoms with Crippen LogP contribution in [0, 0.1) is 0 Å². The summed E-state index contributed by atoms with van der Waals surface area (Å²) in [5, 5.41) is 14.9. The lowest BCUT2D eigenvalue weighted by Gasteiger charge is -2.21.